The van der Waals surface area contributed by atoms with Crippen molar-refractivity contribution in [1.29, 1.82) is 0 Å². The van der Waals surface area contributed by atoms with Crippen LogP contribution in [0.15, 0.2) is 83.8 Å². The van der Waals surface area contributed by atoms with Gasteiger partial charge < -0.3 is 5.32 Å². The molecule has 3 aromatic rings. The molecule has 0 fully saturated rings. The van der Waals surface area contributed by atoms with Gasteiger partial charge in [0.1, 0.15) is 0 Å². The zero-order valence-corrected chi connectivity index (χ0v) is 17.6. The van der Waals surface area contributed by atoms with Crippen molar-refractivity contribution in [2.24, 2.45) is 0 Å². The first-order chi connectivity index (χ1) is 13.9. The van der Waals surface area contributed by atoms with Gasteiger partial charge in [0, 0.05) is 11.4 Å². The third-order valence-corrected chi connectivity index (χ3v) is 6.57. The van der Waals surface area contributed by atoms with Gasteiger partial charge in [-0.2, -0.15) is 0 Å². The van der Waals surface area contributed by atoms with E-state index in [4.69, 9.17) is 0 Å². The molecule has 3 aromatic carbocycles. The Morgan fingerprint density at radius 3 is 2.24 bits per heavy atom. The van der Waals surface area contributed by atoms with Crippen LogP contribution in [0.5, 0.6) is 0 Å². The number of hydrogen-bond acceptors (Lipinski definition) is 4. The summed E-state index contributed by atoms with van der Waals surface area (Å²) in [4.78, 5) is 12.2. The van der Waals surface area contributed by atoms with E-state index in [0.717, 1.165) is 11.3 Å². The Balaban J connectivity index is 1.55. The summed E-state index contributed by atoms with van der Waals surface area (Å²) in [5.41, 5.74) is 3.11. The fraction of sp³-hybridized carbons (Fsp3) is 0.136. The Kier molecular flexibility index (Phi) is 6.95. The molecule has 0 aliphatic heterocycles. The Morgan fingerprint density at radius 1 is 0.897 bits per heavy atom. The van der Waals surface area contributed by atoms with Gasteiger partial charge in [0.05, 0.1) is 16.3 Å². The van der Waals surface area contributed by atoms with Crippen LogP contribution in [0.3, 0.4) is 0 Å². The Hall–Kier alpha value is -2.77. The van der Waals surface area contributed by atoms with Gasteiger partial charge in [0.25, 0.3) is 10.0 Å². The quantitative estimate of drug-likeness (QED) is 0.549. The van der Waals surface area contributed by atoms with Gasteiger partial charge in [-0.3, -0.25) is 9.52 Å². The lowest BCUT2D eigenvalue weighted by Crippen LogP contribution is -2.15. The number of carbonyl (C=O) groups is 1. The lowest BCUT2D eigenvalue weighted by atomic mass is 10.2. The van der Waals surface area contributed by atoms with E-state index in [2.05, 4.69) is 10.0 Å². The molecule has 150 valence electrons. The zero-order chi connectivity index (χ0) is 20.7. The highest BCUT2D eigenvalue weighted by Gasteiger charge is 2.15. The van der Waals surface area contributed by atoms with Crippen LogP contribution in [0.25, 0.3) is 0 Å². The summed E-state index contributed by atoms with van der Waals surface area (Å²) in [6, 6.07) is 23.3. The fourth-order valence-electron chi connectivity index (χ4n) is 2.64. The minimum atomic E-state index is -3.69. The molecule has 0 atom stereocenters. The molecular formula is C22H22N2O3S2. The number of hydrogen-bond donors (Lipinski definition) is 2. The standard InChI is InChI=1S/C22H22N2O3S2/c1-17-7-5-6-10-21(17)24-29(26,27)20-13-11-19(12-14-20)23-22(25)16-28-15-18-8-3-2-4-9-18/h2-14,24H,15-16H2,1H3,(H,23,25). The third kappa shape index (κ3) is 6.10. The number of carbonyl (C=O) groups excluding carboxylic acids is 1. The summed E-state index contributed by atoms with van der Waals surface area (Å²) in [5.74, 6) is 0.958. The number of anilines is 2. The van der Waals surface area contributed by atoms with E-state index in [1.54, 1.807) is 24.3 Å². The largest absolute Gasteiger partial charge is 0.325 e. The van der Waals surface area contributed by atoms with Crippen molar-refractivity contribution in [3.05, 3.63) is 90.0 Å². The van der Waals surface area contributed by atoms with Crippen molar-refractivity contribution in [2.45, 2.75) is 17.6 Å². The topological polar surface area (TPSA) is 75.3 Å². The molecule has 0 saturated carbocycles. The summed E-state index contributed by atoms with van der Waals surface area (Å²) in [6.07, 6.45) is 0. The molecular weight excluding hydrogens is 404 g/mol. The van der Waals surface area contributed by atoms with Gasteiger partial charge in [-0.15, -0.1) is 11.8 Å². The molecule has 0 aliphatic carbocycles. The van der Waals surface area contributed by atoms with E-state index in [0.29, 0.717) is 17.1 Å². The van der Waals surface area contributed by atoms with Crippen molar-refractivity contribution in [2.75, 3.05) is 15.8 Å². The summed E-state index contributed by atoms with van der Waals surface area (Å²) in [6.45, 7) is 1.84. The van der Waals surface area contributed by atoms with E-state index >= 15 is 0 Å². The average molecular weight is 427 g/mol. The van der Waals surface area contributed by atoms with Crippen molar-refractivity contribution in [3.63, 3.8) is 0 Å². The molecule has 0 aliphatic rings. The second-order valence-electron chi connectivity index (χ2n) is 6.47. The highest BCUT2D eigenvalue weighted by molar-refractivity contribution is 7.99. The van der Waals surface area contributed by atoms with Crippen molar-refractivity contribution >= 4 is 39.1 Å². The van der Waals surface area contributed by atoms with E-state index in [9.17, 15) is 13.2 Å². The van der Waals surface area contributed by atoms with Gasteiger partial charge in [-0.1, -0.05) is 48.5 Å². The number of amides is 1. The molecule has 2 N–H and O–H groups in total. The van der Waals surface area contributed by atoms with Crippen molar-refractivity contribution in [1.82, 2.24) is 0 Å². The number of benzene rings is 3. The van der Waals surface area contributed by atoms with Gasteiger partial charge in [-0.05, 0) is 48.4 Å². The lowest BCUT2D eigenvalue weighted by Gasteiger charge is -2.11. The molecule has 0 unspecified atom stereocenters. The summed E-state index contributed by atoms with van der Waals surface area (Å²) >= 11 is 1.53. The zero-order valence-electron chi connectivity index (χ0n) is 16.0. The molecule has 3 rings (SSSR count). The molecule has 7 heteroatoms. The maximum absolute atomic E-state index is 12.6. The lowest BCUT2D eigenvalue weighted by molar-refractivity contribution is -0.113. The molecule has 0 spiro atoms. The average Bonchev–Trinajstić information content (AvgIpc) is 2.71. The molecule has 0 saturated heterocycles. The molecule has 0 heterocycles. The van der Waals surface area contributed by atoms with Crippen LogP contribution in [0.4, 0.5) is 11.4 Å². The molecule has 0 radical (unpaired) electrons. The fourth-order valence-corrected chi connectivity index (χ4v) is 4.56. The summed E-state index contributed by atoms with van der Waals surface area (Å²) in [7, 11) is -3.69. The second kappa shape index (κ2) is 9.62. The highest BCUT2D eigenvalue weighted by atomic mass is 32.2. The Morgan fingerprint density at radius 2 is 1.55 bits per heavy atom. The maximum Gasteiger partial charge on any atom is 0.261 e. The molecule has 5 nitrogen and oxygen atoms in total. The summed E-state index contributed by atoms with van der Waals surface area (Å²) in [5, 5.41) is 2.79. The van der Waals surface area contributed by atoms with Gasteiger partial charge in [0.2, 0.25) is 5.91 Å². The number of sulfonamides is 1. The SMILES string of the molecule is Cc1ccccc1NS(=O)(=O)c1ccc(NC(=O)CSCc2ccccc2)cc1. The minimum Gasteiger partial charge on any atom is -0.325 e. The van der Waals surface area contributed by atoms with Gasteiger partial charge in [-0.25, -0.2) is 8.42 Å². The molecule has 1 amide bonds. The predicted octanol–water partition coefficient (Wildman–Crippen LogP) is 4.67. The minimum absolute atomic E-state index is 0.125. The summed E-state index contributed by atoms with van der Waals surface area (Å²) < 4.78 is 27.7. The van der Waals surface area contributed by atoms with Crippen LogP contribution in [-0.4, -0.2) is 20.1 Å². The molecule has 0 bridgehead atoms. The Bertz CT molecular complexity index is 1070. The third-order valence-electron chi connectivity index (χ3n) is 4.18. The van der Waals surface area contributed by atoms with Crippen LogP contribution >= 0.6 is 11.8 Å². The van der Waals surface area contributed by atoms with Crippen LogP contribution in [0.1, 0.15) is 11.1 Å². The van der Waals surface area contributed by atoms with Crippen LogP contribution < -0.4 is 10.0 Å². The smallest absolute Gasteiger partial charge is 0.261 e. The van der Waals surface area contributed by atoms with Crippen LogP contribution in [0.2, 0.25) is 0 Å². The monoisotopic (exact) mass is 426 g/mol. The van der Waals surface area contributed by atoms with E-state index < -0.39 is 10.0 Å². The number of aryl methyl sites for hydroxylation is 1. The Labute approximate surface area is 175 Å². The van der Waals surface area contributed by atoms with Crippen molar-refractivity contribution in [3.8, 4) is 0 Å². The normalized spacial score (nSPS) is 11.1. The maximum atomic E-state index is 12.6. The van der Waals surface area contributed by atoms with Crippen LogP contribution in [0, 0.1) is 6.92 Å². The van der Waals surface area contributed by atoms with E-state index in [1.165, 1.54) is 29.5 Å². The number of nitrogens with one attached hydrogen (secondary N) is 2. The first-order valence-corrected chi connectivity index (χ1v) is 11.7. The van der Waals surface area contributed by atoms with Crippen LogP contribution in [-0.2, 0) is 20.6 Å². The number of thioether (sulfide) groups is 1. The number of rotatable bonds is 8. The molecule has 29 heavy (non-hydrogen) atoms. The number of para-hydroxylation sites is 1. The van der Waals surface area contributed by atoms with Crippen molar-refractivity contribution < 1.29 is 13.2 Å². The van der Waals surface area contributed by atoms with E-state index in [1.807, 2.05) is 49.4 Å². The van der Waals surface area contributed by atoms with Gasteiger partial charge in [0.15, 0.2) is 0 Å². The predicted molar refractivity (Wildman–Crippen MR) is 120 cm³/mol. The van der Waals surface area contributed by atoms with E-state index in [-0.39, 0.29) is 10.8 Å². The van der Waals surface area contributed by atoms with Gasteiger partial charge >= 0.3 is 0 Å². The first-order valence-electron chi connectivity index (χ1n) is 9.04. The highest BCUT2D eigenvalue weighted by Crippen LogP contribution is 2.21. The second-order valence-corrected chi connectivity index (χ2v) is 9.14. The molecule has 0 aromatic heterocycles. The first kappa shape index (κ1) is 21.0.